The quantitative estimate of drug-likeness (QED) is 0.461. The number of rotatable bonds is 9. The van der Waals surface area contributed by atoms with Gasteiger partial charge >= 0.3 is 0 Å². The highest BCUT2D eigenvalue weighted by Crippen LogP contribution is 2.24. The minimum absolute atomic E-state index is 0.0940. The molecule has 168 valence electrons. The van der Waals surface area contributed by atoms with Crippen LogP contribution in [0.25, 0.3) is 10.9 Å². The zero-order valence-corrected chi connectivity index (χ0v) is 19.1. The molecular weight excluding hydrogens is 424 g/mol. The Morgan fingerprint density at radius 3 is 2.47 bits per heavy atom. The highest BCUT2D eigenvalue weighted by Gasteiger charge is 2.25. The number of hydrogen-bond acceptors (Lipinski definition) is 5. The lowest BCUT2D eigenvalue weighted by Gasteiger charge is -2.15. The molecule has 0 bridgehead atoms. The van der Waals surface area contributed by atoms with Gasteiger partial charge in [-0.05, 0) is 49.9 Å². The van der Waals surface area contributed by atoms with Crippen LogP contribution < -0.4 is 15.4 Å². The summed E-state index contributed by atoms with van der Waals surface area (Å²) in [5, 5.41) is 7.13. The van der Waals surface area contributed by atoms with Gasteiger partial charge < -0.3 is 10.6 Å². The Hall–Kier alpha value is -2.97. The lowest BCUT2D eigenvalue weighted by molar-refractivity contribution is 0.0952. The van der Waals surface area contributed by atoms with E-state index in [9.17, 15) is 13.2 Å². The fourth-order valence-corrected chi connectivity index (χ4v) is 5.10. The zero-order chi connectivity index (χ0) is 22.7. The standard InChI is InChI=1S/C24H28N4O3S/c1-16(2)28-32(30,31)15-18-8-4-3-7-17(18)14-25-23-13-21(24(29)26-19-11-12-19)20-9-5-6-10-22(20)27-23/h3-10,13,16,19,28H,11-12,14-15H2,1-2H3,(H,25,27)(H,26,29). The smallest absolute Gasteiger partial charge is 0.252 e. The summed E-state index contributed by atoms with van der Waals surface area (Å²) in [7, 11) is -3.44. The molecule has 1 fully saturated rings. The van der Waals surface area contributed by atoms with Crippen LogP contribution in [0, 0.1) is 0 Å². The monoisotopic (exact) mass is 452 g/mol. The summed E-state index contributed by atoms with van der Waals surface area (Å²) in [5.41, 5.74) is 2.90. The number of benzene rings is 2. The number of nitrogens with one attached hydrogen (secondary N) is 3. The Kier molecular flexibility index (Phi) is 6.43. The maximum atomic E-state index is 12.8. The van der Waals surface area contributed by atoms with Crippen molar-refractivity contribution in [2.45, 2.75) is 51.1 Å². The second-order valence-corrected chi connectivity index (χ2v) is 10.2. The number of sulfonamides is 1. The number of anilines is 1. The Balaban J connectivity index is 1.57. The summed E-state index contributed by atoms with van der Waals surface area (Å²) < 4.78 is 27.4. The van der Waals surface area contributed by atoms with Crippen molar-refractivity contribution in [2.75, 3.05) is 5.32 Å². The molecule has 1 amide bonds. The molecule has 2 aromatic carbocycles. The van der Waals surface area contributed by atoms with E-state index in [1.165, 1.54) is 0 Å². The molecule has 1 aromatic heterocycles. The molecule has 1 heterocycles. The highest BCUT2D eigenvalue weighted by molar-refractivity contribution is 7.88. The van der Waals surface area contributed by atoms with E-state index in [4.69, 9.17) is 0 Å². The van der Waals surface area contributed by atoms with Crippen LogP contribution in [0.2, 0.25) is 0 Å². The molecule has 0 radical (unpaired) electrons. The van der Waals surface area contributed by atoms with Gasteiger partial charge in [-0.3, -0.25) is 4.79 Å². The van der Waals surface area contributed by atoms with Gasteiger partial charge in [0.15, 0.2) is 0 Å². The molecule has 0 saturated heterocycles. The molecule has 32 heavy (non-hydrogen) atoms. The molecule has 0 atom stereocenters. The van der Waals surface area contributed by atoms with E-state index in [1.54, 1.807) is 19.9 Å². The normalized spacial score (nSPS) is 14.0. The van der Waals surface area contributed by atoms with Gasteiger partial charge in [-0.25, -0.2) is 18.1 Å². The lowest BCUT2D eigenvalue weighted by Crippen LogP contribution is -2.31. The molecule has 1 aliphatic rings. The van der Waals surface area contributed by atoms with E-state index in [-0.39, 0.29) is 23.7 Å². The second-order valence-electron chi connectivity index (χ2n) is 8.47. The number of pyridine rings is 1. The Labute approximate surface area is 188 Å². The summed E-state index contributed by atoms with van der Waals surface area (Å²) in [6.07, 6.45) is 2.04. The minimum atomic E-state index is -3.44. The fourth-order valence-electron chi connectivity index (χ4n) is 3.61. The van der Waals surface area contributed by atoms with Crippen molar-refractivity contribution in [3.05, 3.63) is 71.3 Å². The summed E-state index contributed by atoms with van der Waals surface area (Å²) in [5.74, 6) is 0.381. The van der Waals surface area contributed by atoms with E-state index in [0.29, 0.717) is 17.9 Å². The van der Waals surface area contributed by atoms with Crippen molar-refractivity contribution in [3.63, 3.8) is 0 Å². The highest BCUT2D eigenvalue weighted by atomic mass is 32.2. The number of carbonyl (C=O) groups is 1. The van der Waals surface area contributed by atoms with E-state index >= 15 is 0 Å². The average molecular weight is 453 g/mol. The molecule has 0 spiro atoms. The van der Waals surface area contributed by atoms with Crippen LogP contribution in [0.3, 0.4) is 0 Å². The predicted octanol–water partition coefficient (Wildman–Crippen LogP) is 3.57. The Morgan fingerprint density at radius 1 is 1.06 bits per heavy atom. The van der Waals surface area contributed by atoms with Crippen LogP contribution in [-0.2, 0) is 22.3 Å². The zero-order valence-electron chi connectivity index (χ0n) is 18.3. The third-order valence-electron chi connectivity index (χ3n) is 5.21. The average Bonchev–Trinajstić information content (AvgIpc) is 3.55. The first-order valence-corrected chi connectivity index (χ1v) is 12.5. The Morgan fingerprint density at radius 2 is 1.75 bits per heavy atom. The van der Waals surface area contributed by atoms with Crippen molar-refractivity contribution >= 4 is 32.7 Å². The van der Waals surface area contributed by atoms with Gasteiger partial charge in [0.25, 0.3) is 5.91 Å². The van der Waals surface area contributed by atoms with Gasteiger partial charge in [0, 0.05) is 24.0 Å². The third kappa shape index (κ3) is 5.63. The predicted molar refractivity (Wildman–Crippen MR) is 127 cm³/mol. The fraction of sp³-hybridized carbons (Fsp3) is 0.333. The molecule has 1 aliphatic carbocycles. The molecule has 0 unspecified atom stereocenters. The van der Waals surface area contributed by atoms with Crippen LogP contribution >= 0.6 is 0 Å². The van der Waals surface area contributed by atoms with Crippen LogP contribution in [0.5, 0.6) is 0 Å². The van der Waals surface area contributed by atoms with E-state index in [1.807, 2.05) is 48.5 Å². The van der Waals surface area contributed by atoms with Gasteiger partial charge in [0.1, 0.15) is 5.82 Å². The van der Waals surface area contributed by atoms with E-state index < -0.39 is 10.0 Å². The maximum Gasteiger partial charge on any atom is 0.252 e. The van der Waals surface area contributed by atoms with Crippen LogP contribution in [-0.4, -0.2) is 31.4 Å². The van der Waals surface area contributed by atoms with E-state index in [2.05, 4.69) is 20.3 Å². The topological polar surface area (TPSA) is 100 Å². The summed E-state index contributed by atoms with van der Waals surface area (Å²) >= 11 is 0. The first kappa shape index (κ1) is 22.2. The third-order valence-corrected chi connectivity index (χ3v) is 6.73. The number of nitrogens with zero attached hydrogens (tertiary/aromatic N) is 1. The molecule has 7 nitrogen and oxygen atoms in total. The number of carbonyl (C=O) groups excluding carboxylic acids is 1. The molecule has 3 N–H and O–H groups in total. The van der Waals surface area contributed by atoms with Crippen molar-refractivity contribution in [3.8, 4) is 0 Å². The first-order valence-electron chi connectivity index (χ1n) is 10.8. The van der Waals surface area contributed by atoms with Crippen molar-refractivity contribution in [1.29, 1.82) is 0 Å². The molecule has 1 saturated carbocycles. The van der Waals surface area contributed by atoms with Gasteiger partial charge in [0.05, 0.1) is 16.8 Å². The van der Waals surface area contributed by atoms with Gasteiger partial charge in [0.2, 0.25) is 10.0 Å². The van der Waals surface area contributed by atoms with Crippen molar-refractivity contribution in [1.82, 2.24) is 15.0 Å². The summed E-state index contributed by atoms with van der Waals surface area (Å²) in [4.78, 5) is 17.4. The van der Waals surface area contributed by atoms with Gasteiger partial charge in [-0.15, -0.1) is 0 Å². The van der Waals surface area contributed by atoms with Crippen LogP contribution in [0.4, 0.5) is 5.82 Å². The molecular formula is C24H28N4O3S. The number of fused-ring (bicyclic) bond motifs is 1. The number of aromatic nitrogens is 1. The number of hydrogen-bond donors (Lipinski definition) is 3. The van der Waals surface area contributed by atoms with Gasteiger partial charge in [-0.2, -0.15) is 0 Å². The number of para-hydroxylation sites is 1. The minimum Gasteiger partial charge on any atom is -0.366 e. The first-order chi connectivity index (χ1) is 15.3. The second kappa shape index (κ2) is 9.26. The molecule has 0 aliphatic heterocycles. The van der Waals surface area contributed by atoms with Crippen molar-refractivity contribution < 1.29 is 13.2 Å². The maximum absolute atomic E-state index is 12.8. The SMILES string of the molecule is CC(C)NS(=O)(=O)Cc1ccccc1CNc1cc(C(=O)NC2CC2)c2ccccc2n1. The van der Waals surface area contributed by atoms with Crippen LogP contribution in [0.1, 0.15) is 48.2 Å². The molecule has 8 heteroatoms. The Bertz CT molecular complexity index is 1240. The molecule has 3 aromatic rings. The molecule has 4 rings (SSSR count). The van der Waals surface area contributed by atoms with Crippen molar-refractivity contribution in [2.24, 2.45) is 0 Å². The summed E-state index contributed by atoms with van der Waals surface area (Å²) in [6.45, 7) is 3.99. The largest absolute Gasteiger partial charge is 0.366 e. The van der Waals surface area contributed by atoms with Gasteiger partial charge in [-0.1, -0.05) is 42.5 Å². The van der Waals surface area contributed by atoms with E-state index in [0.717, 1.165) is 34.9 Å². The summed E-state index contributed by atoms with van der Waals surface area (Å²) in [6, 6.07) is 16.9. The number of amides is 1. The lowest BCUT2D eigenvalue weighted by atomic mass is 10.1. The van der Waals surface area contributed by atoms with Crippen LogP contribution in [0.15, 0.2) is 54.6 Å².